The fraction of sp³-hybridized carbons (Fsp3) is 0.182. The molecule has 1 aromatic heterocycles. The summed E-state index contributed by atoms with van der Waals surface area (Å²) in [6.07, 6.45) is 1.17. The van der Waals surface area contributed by atoms with E-state index in [2.05, 4.69) is 5.32 Å². The molecular formula is C22H19FN2O7. The summed E-state index contributed by atoms with van der Waals surface area (Å²) in [6.45, 7) is 0. The summed E-state index contributed by atoms with van der Waals surface area (Å²) >= 11 is 0. The first-order chi connectivity index (χ1) is 15.3. The highest BCUT2D eigenvalue weighted by molar-refractivity contribution is 6.04. The molecule has 1 amide bonds. The van der Waals surface area contributed by atoms with Crippen LogP contribution in [0, 0.1) is 5.82 Å². The van der Waals surface area contributed by atoms with Crippen molar-refractivity contribution in [1.29, 1.82) is 0 Å². The third kappa shape index (κ3) is 3.25. The molecule has 1 atom stereocenters. The molecular weight excluding hydrogens is 423 g/mol. The Morgan fingerprint density at radius 1 is 1.19 bits per heavy atom. The van der Waals surface area contributed by atoms with Gasteiger partial charge in [-0.05, 0) is 24.3 Å². The summed E-state index contributed by atoms with van der Waals surface area (Å²) < 4.78 is 25.8. The number of halogens is 1. The van der Waals surface area contributed by atoms with Crippen molar-refractivity contribution in [1.82, 2.24) is 4.57 Å². The monoisotopic (exact) mass is 442 g/mol. The number of fused-ring (bicyclic) bond motifs is 1. The zero-order chi connectivity index (χ0) is 23.2. The largest absolute Gasteiger partial charge is 0.502 e. The molecule has 4 rings (SSSR count). The Balaban J connectivity index is 2.05. The number of amides is 1. The second-order valence-electron chi connectivity index (χ2n) is 7.16. The van der Waals surface area contributed by atoms with Gasteiger partial charge in [-0.2, -0.15) is 0 Å². The number of hydrogen-bond acceptors (Lipinski definition) is 6. The number of aromatic hydroxyl groups is 2. The van der Waals surface area contributed by atoms with Crippen LogP contribution in [0.1, 0.15) is 34.0 Å². The second kappa shape index (κ2) is 7.80. The van der Waals surface area contributed by atoms with Crippen molar-refractivity contribution in [3.05, 3.63) is 59.2 Å². The maximum Gasteiger partial charge on any atom is 0.339 e. The van der Waals surface area contributed by atoms with Gasteiger partial charge in [0.1, 0.15) is 11.4 Å². The molecule has 4 N–H and O–H groups in total. The molecule has 0 unspecified atom stereocenters. The summed E-state index contributed by atoms with van der Waals surface area (Å²) in [5.41, 5.74) is 0.832. The lowest BCUT2D eigenvalue weighted by Crippen LogP contribution is -2.26. The zero-order valence-corrected chi connectivity index (χ0v) is 17.0. The molecule has 0 saturated heterocycles. The Hall–Kier alpha value is -4.21. The minimum absolute atomic E-state index is 0.0524. The predicted octanol–water partition coefficient (Wildman–Crippen LogP) is 3.22. The number of nitrogens with one attached hydrogen (secondary N) is 1. The van der Waals surface area contributed by atoms with Gasteiger partial charge in [-0.15, -0.1) is 0 Å². The van der Waals surface area contributed by atoms with E-state index in [1.807, 2.05) is 0 Å². The first kappa shape index (κ1) is 21.0. The number of benzene rings is 2. The molecule has 3 aromatic rings. The lowest BCUT2D eigenvalue weighted by molar-refractivity contribution is -0.116. The van der Waals surface area contributed by atoms with Gasteiger partial charge in [0.15, 0.2) is 11.5 Å². The van der Waals surface area contributed by atoms with Crippen LogP contribution < -0.4 is 14.8 Å². The van der Waals surface area contributed by atoms with Gasteiger partial charge in [0.05, 0.1) is 25.6 Å². The Kier molecular flexibility index (Phi) is 5.13. The highest BCUT2D eigenvalue weighted by Gasteiger charge is 2.37. The van der Waals surface area contributed by atoms with E-state index >= 15 is 0 Å². The number of carbonyl (C=O) groups is 2. The number of carboxylic acid groups (broad SMARTS) is 1. The van der Waals surface area contributed by atoms with Crippen molar-refractivity contribution in [2.75, 3.05) is 19.5 Å². The van der Waals surface area contributed by atoms with Crippen molar-refractivity contribution < 1.29 is 38.8 Å². The van der Waals surface area contributed by atoms with Crippen molar-refractivity contribution in [3.8, 4) is 28.7 Å². The molecule has 2 heterocycles. The number of aromatic carboxylic acids is 1. The lowest BCUT2D eigenvalue weighted by atomic mass is 9.87. The van der Waals surface area contributed by atoms with E-state index in [4.69, 9.17) is 9.47 Å². The van der Waals surface area contributed by atoms with E-state index in [9.17, 15) is 29.3 Å². The Labute approximate surface area is 181 Å². The van der Waals surface area contributed by atoms with Gasteiger partial charge in [-0.25, -0.2) is 9.18 Å². The third-order valence-electron chi connectivity index (χ3n) is 5.37. The summed E-state index contributed by atoms with van der Waals surface area (Å²) in [6, 6.07) is 6.96. The van der Waals surface area contributed by atoms with Gasteiger partial charge in [0.2, 0.25) is 17.4 Å². The number of carbonyl (C=O) groups excluding carboxylic acids is 1. The van der Waals surface area contributed by atoms with Crippen LogP contribution in [0.15, 0.2) is 36.5 Å². The quantitative estimate of drug-likeness (QED) is 0.446. The van der Waals surface area contributed by atoms with E-state index in [1.165, 1.54) is 49.2 Å². The number of aromatic nitrogens is 1. The van der Waals surface area contributed by atoms with Gasteiger partial charge in [-0.3, -0.25) is 4.79 Å². The van der Waals surface area contributed by atoms with E-state index in [1.54, 1.807) is 6.07 Å². The van der Waals surface area contributed by atoms with Gasteiger partial charge in [-0.1, -0.05) is 6.07 Å². The average molecular weight is 442 g/mol. The fourth-order valence-corrected chi connectivity index (χ4v) is 3.99. The lowest BCUT2D eigenvalue weighted by Gasteiger charge is -2.28. The van der Waals surface area contributed by atoms with Crippen molar-refractivity contribution in [2.45, 2.75) is 12.3 Å². The van der Waals surface area contributed by atoms with Crippen LogP contribution in [0.3, 0.4) is 0 Å². The molecule has 1 aliphatic heterocycles. The predicted molar refractivity (Wildman–Crippen MR) is 111 cm³/mol. The van der Waals surface area contributed by atoms with Gasteiger partial charge >= 0.3 is 5.97 Å². The summed E-state index contributed by atoms with van der Waals surface area (Å²) in [4.78, 5) is 24.4. The van der Waals surface area contributed by atoms with Crippen LogP contribution in [0.2, 0.25) is 0 Å². The van der Waals surface area contributed by atoms with Crippen LogP contribution in [-0.2, 0) is 4.79 Å². The molecule has 166 valence electrons. The highest BCUT2D eigenvalue weighted by Crippen LogP contribution is 2.51. The topological polar surface area (TPSA) is 130 Å². The molecule has 0 radical (unpaired) electrons. The van der Waals surface area contributed by atoms with Gasteiger partial charge in [0, 0.05) is 29.8 Å². The van der Waals surface area contributed by atoms with Crippen LogP contribution in [0.4, 0.5) is 10.1 Å². The number of carboxylic acids is 1. The average Bonchev–Trinajstić information content (AvgIpc) is 3.14. The first-order valence-electron chi connectivity index (χ1n) is 9.47. The first-order valence-corrected chi connectivity index (χ1v) is 9.47. The number of nitrogens with zero attached hydrogens (tertiary/aromatic N) is 1. The SMILES string of the molecule is COc1cc([C@H]2CC(=O)Nc3c(C(=O)O)cn(-c4cccc(F)c4)c32)c(OC)c(O)c1O. The Bertz CT molecular complexity index is 1250. The number of methoxy groups -OCH3 is 2. The molecule has 0 fully saturated rings. The molecule has 0 aliphatic carbocycles. The number of anilines is 1. The van der Waals surface area contributed by atoms with E-state index in [0.29, 0.717) is 11.4 Å². The van der Waals surface area contributed by atoms with Crippen molar-refractivity contribution in [3.63, 3.8) is 0 Å². The smallest absolute Gasteiger partial charge is 0.339 e. The molecule has 0 spiro atoms. The summed E-state index contributed by atoms with van der Waals surface area (Å²) in [7, 11) is 2.57. The normalized spacial score (nSPS) is 15.1. The molecule has 2 aromatic carbocycles. The van der Waals surface area contributed by atoms with Gasteiger partial charge < -0.3 is 34.7 Å². The molecule has 10 heteroatoms. The van der Waals surface area contributed by atoms with Gasteiger partial charge in [0.25, 0.3) is 0 Å². The highest BCUT2D eigenvalue weighted by atomic mass is 19.1. The van der Waals surface area contributed by atoms with E-state index in [0.717, 1.165) is 0 Å². The summed E-state index contributed by atoms with van der Waals surface area (Å²) in [5.74, 6) is -4.38. The van der Waals surface area contributed by atoms with Crippen LogP contribution in [0.5, 0.6) is 23.0 Å². The van der Waals surface area contributed by atoms with Crippen molar-refractivity contribution >= 4 is 17.6 Å². The fourth-order valence-electron chi connectivity index (χ4n) is 3.99. The molecule has 0 bridgehead atoms. The maximum absolute atomic E-state index is 14.0. The minimum Gasteiger partial charge on any atom is -0.502 e. The third-order valence-corrected chi connectivity index (χ3v) is 5.37. The standard InChI is InChI=1S/C22H19FN2O7/c1-31-15-7-13(21(32-2)20(28)19(15)27)12-8-16(26)24-17-14(22(29)30)9-25(18(12)17)11-5-3-4-10(23)6-11/h3-7,9,12,27-28H,8H2,1-2H3,(H,24,26)(H,29,30)/t12-/m1/s1. The maximum atomic E-state index is 14.0. The molecule has 0 saturated carbocycles. The number of ether oxygens (including phenoxy) is 2. The van der Waals surface area contributed by atoms with Crippen molar-refractivity contribution in [2.24, 2.45) is 0 Å². The second-order valence-corrected chi connectivity index (χ2v) is 7.16. The Morgan fingerprint density at radius 3 is 2.56 bits per heavy atom. The van der Waals surface area contributed by atoms with Crippen LogP contribution in [-0.4, -0.2) is 46.0 Å². The Morgan fingerprint density at radius 2 is 1.94 bits per heavy atom. The number of hydrogen-bond donors (Lipinski definition) is 4. The zero-order valence-electron chi connectivity index (χ0n) is 17.0. The molecule has 32 heavy (non-hydrogen) atoms. The van der Waals surface area contributed by atoms with E-state index in [-0.39, 0.29) is 34.7 Å². The molecule has 1 aliphatic rings. The summed E-state index contributed by atoms with van der Waals surface area (Å²) in [5, 5.41) is 32.9. The number of phenols is 2. The van der Waals surface area contributed by atoms with E-state index < -0.39 is 35.1 Å². The number of rotatable bonds is 5. The van der Waals surface area contributed by atoms with Crippen LogP contribution in [0.25, 0.3) is 5.69 Å². The number of phenolic OH excluding ortho intramolecular Hbond substituents is 2. The molecule has 9 nitrogen and oxygen atoms in total. The minimum atomic E-state index is -1.28. The van der Waals surface area contributed by atoms with Crippen LogP contribution >= 0.6 is 0 Å².